The number of benzene rings is 1. The van der Waals surface area contributed by atoms with E-state index in [0.29, 0.717) is 31.9 Å². The van der Waals surface area contributed by atoms with Crippen LogP contribution >= 0.6 is 0 Å². The molecular formula is C21H27N5O2. The first-order valence-electron chi connectivity index (χ1n) is 9.99. The summed E-state index contributed by atoms with van der Waals surface area (Å²) >= 11 is 0. The van der Waals surface area contributed by atoms with Crippen molar-refractivity contribution in [2.75, 3.05) is 31.1 Å². The Balaban J connectivity index is 1.31. The van der Waals surface area contributed by atoms with E-state index >= 15 is 0 Å². The number of hydrogen-bond donors (Lipinski definition) is 2. The summed E-state index contributed by atoms with van der Waals surface area (Å²) in [4.78, 5) is 25.3. The summed E-state index contributed by atoms with van der Waals surface area (Å²) in [5.41, 5.74) is 0.0884. The highest BCUT2D eigenvalue weighted by Crippen LogP contribution is 2.32. The third-order valence-corrected chi connectivity index (χ3v) is 5.77. The van der Waals surface area contributed by atoms with Crippen molar-refractivity contribution in [3.05, 3.63) is 54.4 Å². The Hall–Kier alpha value is -2.67. The second-order valence-electron chi connectivity index (χ2n) is 7.67. The molecule has 1 atom stereocenters. The molecule has 148 valence electrons. The SMILES string of the molecule is O=C(N[C@H]1CCCN(c2ncccn2)C1)N1CCC(O)(c2ccccc2)CC1. The van der Waals surface area contributed by atoms with Crippen molar-refractivity contribution in [1.82, 2.24) is 20.2 Å². The lowest BCUT2D eigenvalue weighted by Gasteiger charge is -2.40. The maximum absolute atomic E-state index is 12.7. The Kier molecular flexibility index (Phi) is 5.43. The summed E-state index contributed by atoms with van der Waals surface area (Å²) in [5.74, 6) is 0.715. The molecule has 0 radical (unpaired) electrons. The number of carbonyl (C=O) groups is 1. The van der Waals surface area contributed by atoms with Gasteiger partial charge in [0.1, 0.15) is 0 Å². The molecule has 2 fully saturated rings. The van der Waals surface area contributed by atoms with Crippen molar-refractivity contribution in [2.45, 2.75) is 37.3 Å². The van der Waals surface area contributed by atoms with E-state index in [4.69, 9.17) is 0 Å². The van der Waals surface area contributed by atoms with E-state index in [0.717, 1.165) is 31.5 Å². The molecule has 2 aromatic rings. The Bertz CT molecular complexity index is 778. The van der Waals surface area contributed by atoms with Gasteiger partial charge in [-0.1, -0.05) is 30.3 Å². The summed E-state index contributed by atoms with van der Waals surface area (Å²) in [7, 11) is 0. The fourth-order valence-corrected chi connectivity index (χ4v) is 4.11. The molecule has 0 spiro atoms. The summed E-state index contributed by atoms with van der Waals surface area (Å²) < 4.78 is 0. The van der Waals surface area contributed by atoms with Crippen LogP contribution in [-0.4, -0.2) is 58.2 Å². The van der Waals surface area contributed by atoms with Crippen LogP contribution in [0.1, 0.15) is 31.2 Å². The molecule has 0 unspecified atom stereocenters. The number of piperidine rings is 2. The van der Waals surface area contributed by atoms with Crippen LogP contribution in [0, 0.1) is 0 Å². The van der Waals surface area contributed by atoms with Crippen molar-refractivity contribution in [3.8, 4) is 0 Å². The molecule has 0 aliphatic carbocycles. The number of urea groups is 1. The van der Waals surface area contributed by atoms with E-state index in [1.54, 1.807) is 18.5 Å². The van der Waals surface area contributed by atoms with Gasteiger partial charge < -0.3 is 20.2 Å². The lowest BCUT2D eigenvalue weighted by molar-refractivity contribution is -0.0170. The van der Waals surface area contributed by atoms with E-state index < -0.39 is 5.60 Å². The number of amides is 2. The number of aromatic nitrogens is 2. The third kappa shape index (κ3) is 4.09. The molecule has 28 heavy (non-hydrogen) atoms. The average molecular weight is 381 g/mol. The second-order valence-corrected chi connectivity index (χ2v) is 7.67. The maximum Gasteiger partial charge on any atom is 0.317 e. The lowest BCUT2D eigenvalue weighted by Crippen LogP contribution is -2.54. The van der Waals surface area contributed by atoms with Gasteiger partial charge in [-0.3, -0.25) is 0 Å². The number of hydrogen-bond acceptors (Lipinski definition) is 5. The molecule has 4 rings (SSSR count). The van der Waals surface area contributed by atoms with Gasteiger partial charge in [0.05, 0.1) is 5.60 Å². The number of likely N-dealkylation sites (tertiary alicyclic amines) is 1. The molecule has 2 saturated heterocycles. The molecule has 0 saturated carbocycles. The van der Waals surface area contributed by atoms with Crippen LogP contribution in [0.4, 0.5) is 10.7 Å². The van der Waals surface area contributed by atoms with Crippen LogP contribution in [0.25, 0.3) is 0 Å². The largest absolute Gasteiger partial charge is 0.385 e. The second kappa shape index (κ2) is 8.14. The fraction of sp³-hybridized carbons (Fsp3) is 0.476. The van der Waals surface area contributed by atoms with Crippen molar-refractivity contribution < 1.29 is 9.90 Å². The van der Waals surface area contributed by atoms with Crippen LogP contribution in [0.2, 0.25) is 0 Å². The Morgan fingerprint density at radius 1 is 1.07 bits per heavy atom. The maximum atomic E-state index is 12.7. The molecule has 1 aromatic heterocycles. The van der Waals surface area contributed by atoms with E-state index in [1.165, 1.54) is 0 Å². The van der Waals surface area contributed by atoms with E-state index in [-0.39, 0.29) is 12.1 Å². The minimum atomic E-state index is -0.843. The fourth-order valence-electron chi connectivity index (χ4n) is 4.11. The highest BCUT2D eigenvalue weighted by Gasteiger charge is 2.36. The normalized spacial score (nSPS) is 22.0. The predicted octanol–water partition coefficient (Wildman–Crippen LogP) is 2.14. The standard InChI is InChI=1S/C21H27N5O2/c27-20(24-18-8-4-13-26(16-18)19-22-11-5-12-23-19)25-14-9-21(28,10-15-25)17-6-2-1-3-7-17/h1-3,5-7,11-12,18,28H,4,8-10,13-16H2,(H,24,27)/t18-/m0/s1. The average Bonchev–Trinajstić information content (AvgIpc) is 2.76. The molecule has 1 aromatic carbocycles. The molecule has 7 nitrogen and oxygen atoms in total. The van der Waals surface area contributed by atoms with Gasteiger partial charge in [0, 0.05) is 44.6 Å². The van der Waals surface area contributed by atoms with Gasteiger partial charge in [-0.05, 0) is 37.3 Å². The van der Waals surface area contributed by atoms with Gasteiger partial charge >= 0.3 is 6.03 Å². The van der Waals surface area contributed by atoms with Gasteiger partial charge in [-0.2, -0.15) is 0 Å². The quantitative estimate of drug-likeness (QED) is 0.851. The first-order chi connectivity index (χ1) is 13.6. The van der Waals surface area contributed by atoms with Gasteiger partial charge in [0.2, 0.25) is 5.95 Å². The number of rotatable bonds is 3. The van der Waals surface area contributed by atoms with Crippen LogP contribution < -0.4 is 10.2 Å². The van der Waals surface area contributed by atoms with Gasteiger partial charge in [-0.15, -0.1) is 0 Å². The molecular weight excluding hydrogens is 354 g/mol. The first-order valence-corrected chi connectivity index (χ1v) is 9.99. The van der Waals surface area contributed by atoms with Crippen LogP contribution in [0.5, 0.6) is 0 Å². The molecule has 7 heteroatoms. The Morgan fingerprint density at radius 2 is 1.79 bits per heavy atom. The minimum Gasteiger partial charge on any atom is -0.385 e. The van der Waals surface area contributed by atoms with Crippen molar-refractivity contribution in [3.63, 3.8) is 0 Å². The molecule has 2 aliphatic rings. The summed E-state index contributed by atoms with van der Waals surface area (Å²) in [5, 5.41) is 14.1. The number of nitrogens with zero attached hydrogens (tertiary/aromatic N) is 4. The molecule has 0 bridgehead atoms. The third-order valence-electron chi connectivity index (χ3n) is 5.77. The minimum absolute atomic E-state index is 0.0454. The highest BCUT2D eigenvalue weighted by molar-refractivity contribution is 5.74. The van der Waals surface area contributed by atoms with E-state index in [2.05, 4.69) is 20.2 Å². The summed E-state index contributed by atoms with van der Waals surface area (Å²) in [6.07, 6.45) is 6.55. The van der Waals surface area contributed by atoms with Crippen molar-refractivity contribution in [1.29, 1.82) is 0 Å². The van der Waals surface area contributed by atoms with Crippen LogP contribution in [0.15, 0.2) is 48.8 Å². The zero-order chi connectivity index (χ0) is 19.4. The molecule has 2 aliphatic heterocycles. The lowest BCUT2D eigenvalue weighted by atomic mass is 9.84. The van der Waals surface area contributed by atoms with E-state index in [9.17, 15) is 9.90 Å². The highest BCUT2D eigenvalue weighted by atomic mass is 16.3. The number of anilines is 1. The molecule has 2 amide bonds. The monoisotopic (exact) mass is 381 g/mol. The smallest absolute Gasteiger partial charge is 0.317 e. The summed E-state index contributed by atoms with van der Waals surface area (Å²) in [6, 6.07) is 11.6. The zero-order valence-corrected chi connectivity index (χ0v) is 16.0. The van der Waals surface area contributed by atoms with Crippen LogP contribution in [0.3, 0.4) is 0 Å². The topological polar surface area (TPSA) is 81.6 Å². The zero-order valence-electron chi connectivity index (χ0n) is 16.0. The first kappa shape index (κ1) is 18.7. The number of nitrogens with one attached hydrogen (secondary N) is 1. The number of carbonyl (C=O) groups excluding carboxylic acids is 1. The van der Waals surface area contributed by atoms with Gasteiger partial charge in [-0.25, -0.2) is 14.8 Å². The Morgan fingerprint density at radius 3 is 2.50 bits per heavy atom. The van der Waals surface area contributed by atoms with Crippen LogP contribution in [-0.2, 0) is 5.60 Å². The van der Waals surface area contributed by atoms with Crippen molar-refractivity contribution >= 4 is 12.0 Å². The molecule has 3 heterocycles. The summed E-state index contributed by atoms with van der Waals surface area (Å²) in [6.45, 7) is 2.73. The predicted molar refractivity (Wildman–Crippen MR) is 107 cm³/mol. The van der Waals surface area contributed by atoms with Crippen molar-refractivity contribution in [2.24, 2.45) is 0 Å². The number of aliphatic hydroxyl groups is 1. The van der Waals surface area contributed by atoms with Gasteiger partial charge in [0.15, 0.2) is 0 Å². The molecule has 2 N–H and O–H groups in total. The Labute approximate surface area is 165 Å². The van der Waals surface area contributed by atoms with Gasteiger partial charge in [0.25, 0.3) is 0 Å². The van der Waals surface area contributed by atoms with E-state index in [1.807, 2.05) is 35.2 Å².